The fourth-order valence-electron chi connectivity index (χ4n) is 1.35. The smallest absolute Gasteiger partial charge is 0.0130 e. The van der Waals surface area contributed by atoms with Gasteiger partial charge in [0.2, 0.25) is 0 Å². The Kier molecular flexibility index (Phi) is 1.46. The van der Waals surface area contributed by atoms with E-state index in [4.69, 9.17) is 0 Å². The second kappa shape index (κ2) is 2.45. The maximum atomic E-state index is 2.28. The standard InChI is InChI=1S/C10H12/c1-2-4-6-9(5-3-1)10-7-8-10/h1-5,10H,6-8H2. The molecule has 1 fully saturated rings. The molecule has 52 valence electrons. The topological polar surface area (TPSA) is 0 Å². The van der Waals surface area contributed by atoms with Crippen molar-refractivity contribution in [1.29, 1.82) is 0 Å². The van der Waals surface area contributed by atoms with Gasteiger partial charge in [0.25, 0.3) is 0 Å². The number of allylic oxidation sites excluding steroid dienone is 6. The van der Waals surface area contributed by atoms with Crippen molar-refractivity contribution >= 4 is 0 Å². The van der Waals surface area contributed by atoms with E-state index >= 15 is 0 Å². The lowest BCUT2D eigenvalue weighted by atomic mass is 10.1. The molecular weight excluding hydrogens is 120 g/mol. The predicted octanol–water partition coefficient (Wildman–Crippen LogP) is 2.84. The van der Waals surface area contributed by atoms with Crippen molar-refractivity contribution in [3.8, 4) is 0 Å². The van der Waals surface area contributed by atoms with Gasteiger partial charge < -0.3 is 0 Å². The fourth-order valence-corrected chi connectivity index (χ4v) is 1.35. The Labute approximate surface area is 61.9 Å². The summed E-state index contributed by atoms with van der Waals surface area (Å²) in [4.78, 5) is 0. The summed E-state index contributed by atoms with van der Waals surface area (Å²) in [6.45, 7) is 0. The molecule has 0 N–H and O–H groups in total. The van der Waals surface area contributed by atoms with Crippen LogP contribution in [-0.2, 0) is 0 Å². The largest absolute Gasteiger partial charge is 0.0805 e. The van der Waals surface area contributed by atoms with E-state index in [0.717, 1.165) is 5.92 Å². The SMILES string of the molecule is C1=CC=C(C2CC2)CC=C1. The summed E-state index contributed by atoms with van der Waals surface area (Å²) in [5, 5.41) is 0. The highest BCUT2D eigenvalue weighted by Crippen LogP contribution is 2.38. The minimum Gasteiger partial charge on any atom is -0.0805 e. The van der Waals surface area contributed by atoms with Crippen LogP contribution in [0.5, 0.6) is 0 Å². The van der Waals surface area contributed by atoms with Crippen molar-refractivity contribution in [3.63, 3.8) is 0 Å². The van der Waals surface area contributed by atoms with Crippen LogP contribution in [0.3, 0.4) is 0 Å². The third-order valence-electron chi connectivity index (χ3n) is 2.12. The van der Waals surface area contributed by atoms with Crippen LogP contribution in [0.2, 0.25) is 0 Å². The lowest BCUT2D eigenvalue weighted by molar-refractivity contribution is 0.955. The first-order valence-corrected chi connectivity index (χ1v) is 3.99. The molecule has 0 heterocycles. The molecule has 0 aromatic carbocycles. The van der Waals surface area contributed by atoms with Crippen molar-refractivity contribution in [1.82, 2.24) is 0 Å². The van der Waals surface area contributed by atoms with Gasteiger partial charge in [-0.05, 0) is 25.2 Å². The minimum atomic E-state index is 0.937. The second-order valence-electron chi connectivity index (χ2n) is 3.03. The van der Waals surface area contributed by atoms with Crippen LogP contribution in [0.15, 0.2) is 36.0 Å². The van der Waals surface area contributed by atoms with E-state index in [1.54, 1.807) is 5.57 Å². The van der Waals surface area contributed by atoms with Crippen molar-refractivity contribution in [2.24, 2.45) is 5.92 Å². The first-order valence-electron chi connectivity index (χ1n) is 3.99. The lowest BCUT2D eigenvalue weighted by Gasteiger charge is -1.97. The molecule has 0 heteroatoms. The van der Waals surface area contributed by atoms with E-state index in [1.807, 2.05) is 0 Å². The number of rotatable bonds is 1. The third kappa shape index (κ3) is 1.21. The lowest BCUT2D eigenvalue weighted by Crippen LogP contribution is -1.81. The predicted molar refractivity (Wildman–Crippen MR) is 43.7 cm³/mol. The van der Waals surface area contributed by atoms with Gasteiger partial charge >= 0.3 is 0 Å². The highest BCUT2D eigenvalue weighted by Gasteiger charge is 2.24. The molecule has 0 aromatic rings. The van der Waals surface area contributed by atoms with E-state index in [1.165, 1.54) is 19.3 Å². The molecule has 0 bridgehead atoms. The molecule has 0 radical (unpaired) electrons. The first-order chi connectivity index (χ1) is 4.97. The average Bonchev–Trinajstić information content (AvgIpc) is 2.76. The molecule has 0 atom stereocenters. The Balaban J connectivity index is 2.12. The van der Waals surface area contributed by atoms with Crippen LogP contribution in [0, 0.1) is 5.92 Å². The fraction of sp³-hybridized carbons (Fsp3) is 0.400. The average molecular weight is 132 g/mol. The molecule has 0 spiro atoms. The normalized spacial score (nSPS) is 24.2. The Morgan fingerprint density at radius 3 is 2.80 bits per heavy atom. The number of hydrogen-bond acceptors (Lipinski definition) is 0. The summed E-state index contributed by atoms with van der Waals surface area (Å²) < 4.78 is 0. The molecule has 0 unspecified atom stereocenters. The zero-order chi connectivity index (χ0) is 6.81. The molecular formula is C10H12. The van der Waals surface area contributed by atoms with Gasteiger partial charge in [0.1, 0.15) is 0 Å². The molecule has 0 aromatic heterocycles. The van der Waals surface area contributed by atoms with Gasteiger partial charge in [0.15, 0.2) is 0 Å². The molecule has 10 heavy (non-hydrogen) atoms. The zero-order valence-corrected chi connectivity index (χ0v) is 6.09. The third-order valence-corrected chi connectivity index (χ3v) is 2.12. The zero-order valence-electron chi connectivity index (χ0n) is 6.09. The Morgan fingerprint density at radius 1 is 1.10 bits per heavy atom. The summed E-state index contributed by atoms with van der Waals surface area (Å²) in [5.74, 6) is 0.937. The molecule has 1 saturated carbocycles. The van der Waals surface area contributed by atoms with Crippen LogP contribution >= 0.6 is 0 Å². The molecule has 0 amide bonds. The summed E-state index contributed by atoms with van der Waals surface area (Å²) in [6, 6.07) is 0. The highest BCUT2D eigenvalue weighted by atomic mass is 14.3. The van der Waals surface area contributed by atoms with Gasteiger partial charge in [0, 0.05) is 0 Å². The Morgan fingerprint density at radius 2 is 2.00 bits per heavy atom. The summed E-state index contributed by atoms with van der Waals surface area (Å²) in [7, 11) is 0. The molecule has 0 nitrogen and oxygen atoms in total. The minimum absolute atomic E-state index is 0.937. The highest BCUT2D eigenvalue weighted by molar-refractivity contribution is 5.26. The van der Waals surface area contributed by atoms with Crippen LogP contribution < -0.4 is 0 Å². The molecule has 0 aliphatic heterocycles. The van der Waals surface area contributed by atoms with E-state index in [2.05, 4.69) is 30.4 Å². The van der Waals surface area contributed by atoms with Gasteiger partial charge in [-0.25, -0.2) is 0 Å². The van der Waals surface area contributed by atoms with Gasteiger partial charge in [-0.2, -0.15) is 0 Å². The molecule has 2 rings (SSSR count). The van der Waals surface area contributed by atoms with Crippen LogP contribution in [0.4, 0.5) is 0 Å². The van der Waals surface area contributed by atoms with Crippen LogP contribution in [0.25, 0.3) is 0 Å². The van der Waals surface area contributed by atoms with Crippen LogP contribution in [-0.4, -0.2) is 0 Å². The van der Waals surface area contributed by atoms with E-state index in [0.29, 0.717) is 0 Å². The summed E-state index contributed by atoms with van der Waals surface area (Å²) >= 11 is 0. The van der Waals surface area contributed by atoms with E-state index in [-0.39, 0.29) is 0 Å². The van der Waals surface area contributed by atoms with Crippen molar-refractivity contribution in [3.05, 3.63) is 36.0 Å². The van der Waals surface area contributed by atoms with Crippen LogP contribution in [0.1, 0.15) is 19.3 Å². The van der Waals surface area contributed by atoms with Gasteiger partial charge in [0.05, 0.1) is 0 Å². The molecule has 2 aliphatic rings. The quantitative estimate of drug-likeness (QED) is 0.514. The van der Waals surface area contributed by atoms with Crippen molar-refractivity contribution in [2.45, 2.75) is 19.3 Å². The monoisotopic (exact) mass is 132 g/mol. The number of hydrogen-bond donors (Lipinski definition) is 0. The molecule has 0 saturated heterocycles. The second-order valence-corrected chi connectivity index (χ2v) is 3.03. The van der Waals surface area contributed by atoms with Gasteiger partial charge in [-0.15, -0.1) is 0 Å². The van der Waals surface area contributed by atoms with Gasteiger partial charge in [-0.3, -0.25) is 0 Å². The Bertz CT molecular complexity index is 202. The van der Waals surface area contributed by atoms with Crippen molar-refractivity contribution in [2.75, 3.05) is 0 Å². The first kappa shape index (κ1) is 5.96. The van der Waals surface area contributed by atoms with E-state index in [9.17, 15) is 0 Å². The summed E-state index contributed by atoms with van der Waals surface area (Å²) in [6.07, 6.45) is 14.9. The van der Waals surface area contributed by atoms with E-state index < -0.39 is 0 Å². The Hall–Kier alpha value is -0.780. The molecule has 2 aliphatic carbocycles. The maximum absolute atomic E-state index is 2.28. The van der Waals surface area contributed by atoms with Crippen molar-refractivity contribution < 1.29 is 0 Å². The maximum Gasteiger partial charge on any atom is -0.0130 e. The summed E-state index contributed by atoms with van der Waals surface area (Å²) in [5.41, 5.74) is 1.63. The van der Waals surface area contributed by atoms with Gasteiger partial charge in [-0.1, -0.05) is 36.0 Å².